The summed E-state index contributed by atoms with van der Waals surface area (Å²) in [5.41, 5.74) is 1.22. The van der Waals surface area contributed by atoms with Gasteiger partial charge < -0.3 is 5.11 Å². The van der Waals surface area contributed by atoms with E-state index >= 15 is 0 Å². The van der Waals surface area contributed by atoms with Gasteiger partial charge in [0.1, 0.15) is 0 Å². The first-order chi connectivity index (χ1) is 4.86. The van der Waals surface area contributed by atoms with Crippen molar-refractivity contribution in [2.75, 3.05) is 6.61 Å². The van der Waals surface area contributed by atoms with Crippen LogP contribution in [0.15, 0.2) is 12.4 Å². The van der Waals surface area contributed by atoms with E-state index < -0.39 is 0 Å². The maximum atomic E-state index is 8.54. The van der Waals surface area contributed by atoms with Crippen LogP contribution in [0.1, 0.15) is 12.5 Å². The van der Waals surface area contributed by atoms with Gasteiger partial charge in [-0.05, 0) is 12.0 Å². The van der Waals surface area contributed by atoms with E-state index in [2.05, 4.69) is 12.0 Å². The molecule has 0 amide bonds. The molecule has 1 N–H and O–H groups in total. The number of hydrogen-bond donors (Lipinski definition) is 1. The lowest BCUT2D eigenvalue weighted by atomic mass is 10.3. The lowest BCUT2D eigenvalue weighted by Crippen LogP contribution is -2.01. The maximum Gasteiger partial charge on any atom is 0.0640 e. The first-order valence-electron chi connectivity index (χ1n) is 3.49. The van der Waals surface area contributed by atoms with Crippen molar-refractivity contribution in [3.63, 3.8) is 0 Å². The molecule has 3 nitrogen and oxygen atoms in total. The molecule has 0 saturated carbocycles. The van der Waals surface area contributed by atoms with Crippen molar-refractivity contribution >= 4 is 0 Å². The van der Waals surface area contributed by atoms with Crippen LogP contribution in [-0.4, -0.2) is 21.5 Å². The van der Waals surface area contributed by atoms with Gasteiger partial charge in [-0.1, -0.05) is 6.92 Å². The van der Waals surface area contributed by atoms with Gasteiger partial charge in [0.15, 0.2) is 0 Å². The van der Waals surface area contributed by atoms with Gasteiger partial charge in [-0.25, -0.2) is 0 Å². The van der Waals surface area contributed by atoms with E-state index in [1.165, 1.54) is 5.56 Å². The molecule has 3 heteroatoms. The van der Waals surface area contributed by atoms with Gasteiger partial charge in [0.05, 0.1) is 19.3 Å². The van der Waals surface area contributed by atoms with Crippen LogP contribution in [0.4, 0.5) is 0 Å². The minimum Gasteiger partial charge on any atom is -0.394 e. The second kappa shape index (κ2) is 3.37. The minimum absolute atomic E-state index is 0.158. The number of hydrogen-bond acceptors (Lipinski definition) is 2. The van der Waals surface area contributed by atoms with E-state index in [0.29, 0.717) is 6.54 Å². The predicted octanol–water partition coefficient (Wildman–Crippen LogP) is 0.438. The molecule has 0 aliphatic carbocycles. The third-order valence-corrected chi connectivity index (χ3v) is 1.42. The highest BCUT2D eigenvalue weighted by molar-refractivity contribution is 5.02. The summed E-state index contributed by atoms with van der Waals surface area (Å²) in [5.74, 6) is 0. The molecular weight excluding hydrogens is 128 g/mol. The quantitative estimate of drug-likeness (QED) is 0.661. The van der Waals surface area contributed by atoms with Gasteiger partial charge in [0.25, 0.3) is 0 Å². The molecule has 0 saturated heterocycles. The van der Waals surface area contributed by atoms with Gasteiger partial charge in [0, 0.05) is 6.20 Å². The molecule has 1 rings (SSSR count). The van der Waals surface area contributed by atoms with E-state index in [1.807, 2.05) is 12.4 Å². The average Bonchev–Trinajstić information content (AvgIpc) is 2.37. The minimum atomic E-state index is 0.158. The Hall–Kier alpha value is -0.830. The second-order valence-electron chi connectivity index (χ2n) is 2.19. The molecule has 0 aliphatic heterocycles. The van der Waals surface area contributed by atoms with Gasteiger partial charge in [-0.3, -0.25) is 4.68 Å². The fraction of sp³-hybridized carbons (Fsp3) is 0.571. The molecule has 1 aromatic rings. The maximum absolute atomic E-state index is 8.54. The zero-order valence-corrected chi connectivity index (χ0v) is 6.12. The van der Waals surface area contributed by atoms with Crippen LogP contribution in [0.5, 0.6) is 0 Å². The molecule has 0 bridgehead atoms. The summed E-state index contributed by atoms with van der Waals surface area (Å²) in [7, 11) is 0. The molecule has 0 spiro atoms. The van der Waals surface area contributed by atoms with Gasteiger partial charge in [0.2, 0.25) is 0 Å². The molecule has 0 atom stereocenters. The first-order valence-corrected chi connectivity index (χ1v) is 3.49. The molecule has 1 heterocycles. The summed E-state index contributed by atoms with van der Waals surface area (Å²) >= 11 is 0. The summed E-state index contributed by atoms with van der Waals surface area (Å²) < 4.78 is 1.75. The Morgan fingerprint density at radius 3 is 3.00 bits per heavy atom. The van der Waals surface area contributed by atoms with E-state index in [4.69, 9.17) is 5.11 Å². The Bertz CT molecular complexity index is 195. The number of nitrogens with zero attached hydrogens (tertiary/aromatic N) is 2. The molecule has 0 fully saturated rings. The van der Waals surface area contributed by atoms with Crippen molar-refractivity contribution in [3.05, 3.63) is 18.0 Å². The third-order valence-electron chi connectivity index (χ3n) is 1.42. The Morgan fingerprint density at radius 1 is 1.70 bits per heavy atom. The fourth-order valence-electron chi connectivity index (χ4n) is 0.814. The summed E-state index contributed by atoms with van der Waals surface area (Å²) in [4.78, 5) is 0. The molecular formula is C7H12N2O. The van der Waals surface area contributed by atoms with E-state index in [9.17, 15) is 0 Å². The monoisotopic (exact) mass is 140 g/mol. The van der Waals surface area contributed by atoms with Crippen LogP contribution in [0.2, 0.25) is 0 Å². The number of aryl methyl sites for hydroxylation is 1. The van der Waals surface area contributed by atoms with Crippen molar-refractivity contribution in [2.24, 2.45) is 0 Å². The van der Waals surface area contributed by atoms with Crippen LogP contribution in [-0.2, 0) is 13.0 Å². The smallest absolute Gasteiger partial charge is 0.0640 e. The Labute approximate surface area is 60.3 Å². The lowest BCUT2D eigenvalue weighted by Gasteiger charge is -1.93. The Balaban J connectivity index is 2.59. The lowest BCUT2D eigenvalue weighted by molar-refractivity contribution is 0.269. The van der Waals surface area contributed by atoms with Gasteiger partial charge >= 0.3 is 0 Å². The summed E-state index contributed by atoms with van der Waals surface area (Å²) in [6.45, 7) is 2.84. The Morgan fingerprint density at radius 2 is 2.50 bits per heavy atom. The van der Waals surface area contributed by atoms with Crippen molar-refractivity contribution < 1.29 is 5.11 Å². The van der Waals surface area contributed by atoms with E-state index in [1.54, 1.807) is 4.68 Å². The standard InChI is InChI=1S/C7H12N2O/c1-2-7-5-8-9(6-7)3-4-10/h5-6,10H,2-4H2,1H3. The number of aliphatic hydroxyl groups excluding tert-OH is 1. The predicted molar refractivity (Wildman–Crippen MR) is 38.7 cm³/mol. The molecule has 0 aliphatic rings. The second-order valence-corrected chi connectivity index (χ2v) is 2.19. The van der Waals surface area contributed by atoms with Crippen molar-refractivity contribution in [1.82, 2.24) is 9.78 Å². The molecule has 56 valence electrons. The number of aromatic nitrogens is 2. The molecule has 10 heavy (non-hydrogen) atoms. The van der Waals surface area contributed by atoms with E-state index in [-0.39, 0.29) is 6.61 Å². The van der Waals surface area contributed by atoms with Crippen LogP contribution < -0.4 is 0 Å². The average molecular weight is 140 g/mol. The largest absolute Gasteiger partial charge is 0.394 e. The van der Waals surface area contributed by atoms with Crippen molar-refractivity contribution in [2.45, 2.75) is 19.9 Å². The SMILES string of the molecule is CCc1cnn(CCO)c1. The van der Waals surface area contributed by atoms with Gasteiger partial charge in [-0.2, -0.15) is 5.10 Å². The highest BCUT2D eigenvalue weighted by Crippen LogP contribution is 1.96. The highest BCUT2D eigenvalue weighted by atomic mass is 16.3. The van der Waals surface area contributed by atoms with Crippen LogP contribution in [0.25, 0.3) is 0 Å². The summed E-state index contributed by atoms with van der Waals surface area (Å²) in [5, 5.41) is 12.6. The van der Waals surface area contributed by atoms with Crippen LogP contribution >= 0.6 is 0 Å². The normalized spacial score (nSPS) is 10.2. The van der Waals surface area contributed by atoms with Crippen molar-refractivity contribution in [1.29, 1.82) is 0 Å². The molecule has 0 radical (unpaired) electrons. The first kappa shape index (κ1) is 7.28. The summed E-state index contributed by atoms with van der Waals surface area (Å²) in [6.07, 6.45) is 4.79. The molecule has 1 aromatic heterocycles. The van der Waals surface area contributed by atoms with Crippen LogP contribution in [0.3, 0.4) is 0 Å². The zero-order chi connectivity index (χ0) is 7.40. The van der Waals surface area contributed by atoms with Gasteiger partial charge in [-0.15, -0.1) is 0 Å². The Kier molecular flexibility index (Phi) is 2.45. The third kappa shape index (κ3) is 1.57. The van der Waals surface area contributed by atoms with E-state index in [0.717, 1.165) is 6.42 Å². The van der Waals surface area contributed by atoms with Crippen molar-refractivity contribution in [3.8, 4) is 0 Å². The zero-order valence-electron chi connectivity index (χ0n) is 6.12. The van der Waals surface area contributed by atoms with Crippen LogP contribution in [0, 0.1) is 0 Å². The fourth-order valence-corrected chi connectivity index (χ4v) is 0.814. The molecule has 0 unspecified atom stereocenters. The summed E-state index contributed by atoms with van der Waals surface area (Å²) in [6, 6.07) is 0. The topological polar surface area (TPSA) is 38.0 Å². The highest BCUT2D eigenvalue weighted by Gasteiger charge is 1.93. The number of rotatable bonds is 3. The number of aliphatic hydroxyl groups is 1. The molecule has 0 aromatic carbocycles.